The molecular weight excluding hydrogens is 296 g/mol. The van der Waals surface area contributed by atoms with Gasteiger partial charge in [0.05, 0.1) is 17.4 Å². The summed E-state index contributed by atoms with van der Waals surface area (Å²) in [6.45, 7) is 0. The van der Waals surface area contributed by atoms with Crippen molar-refractivity contribution < 1.29 is 8.94 Å². The van der Waals surface area contributed by atoms with Gasteiger partial charge in [-0.1, -0.05) is 35.5 Å². The summed E-state index contributed by atoms with van der Waals surface area (Å²) < 4.78 is 10.9. The van der Waals surface area contributed by atoms with Crippen molar-refractivity contribution in [3.8, 4) is 22.4 Å². The van der Waals surface area contributed by atoms with Crippen molar-refractivity contribution in [3.63, 3.8) is 0 Å². The molecule has 2 heterocycles. The topological polar surface area (TPSA) is 65.2 Å². The highest BCUT2D eigenvalue weighted by Gasteiger charge is 2.20. The molecule has 90 valence electrons. The molecule has 0 aliphatic rings. The first-order valence-electron chi connectivity index (χ1n) is 5.31. The molecule has 0 saturated carbocycles. The Morgan fingerprint density at radius 2 is 1.89 bits per heavy atom. The van der Waals surface area contributed by atoms with Crippen LogP contribution in [-0.4, -0.2) is 5.16 Å². The van der Waals surface area contributed by atoms with Crippen LogP contribution in [0, 0.1) is 0 Å². The van der Waals surface area contributed by atoms with Crippen LogP contribution in [-0.2, 0) is 0 Å². The Hall–Kier alpha value is -2.01. The quantitative estimate of drug-likeness (QED) is 0.778. The van der Waals surface area contributed by atoms with Crippen molar-refractivity contribution in [2.24, 2.45) is 0 Å². The molecular formula is C13H9BrN2O2. The van der Waals surface area contributed by atoms with E-state index >= 15 is 0 Å². The predicted molar refractivity (Wildman–Crippen MR) is 71.8 cm³/mol. The fraction of sp³-hybridized carbons (Fsp3) is 0. The Bertz CT molecular complexity index is 673. The molecule has 0 aliphatic carbocycles. The van der Waals surface area contributed by atoms with E-state index in [0.717, 1.165) is 16.7 Å². The van der Waals surface area contributed by atoms with Gasteiger partial charge in [0.2, 0.25) is 5.88 Å². The summed E-state index contributed by atoms with van der Waals surface area (Å²) in [5, 5.41) is 4.01. The summed E-state index contributed by atoms with van der Waals surface area (Å²) in [6.07, 6.45) is 1.58. The molecule has 3 aromatic rings. The summed E-state index contributed by atoms with van der Waals surface area (Å²) in [5.41, 5.74) is 9.07. The van der Waals surface area contributed by atoms with Crippen LogP contribution in [0.25, 0.3) is 22.4 Å². The summed E-state index contributed by atoms with van der Waals surface area (Å²) in [6, 6.07) is 11.6. The first-order valence-corrected chi connectivity index (χ1v) is 6.10. The second kappa shape index (κ2) is 4.34. The molecule has 0 atom stereocenters. The monoisotopic (exact) mass is 304 g/mol. The first kappa shape index (κ1) is 11.1. The molecule has 4 nitrogen and oxygen atoms in total. The molecule has 0 aliphatic heterocycles. The van der Waals surface area contributed by atoms with Gasteiger partial charge in [-0.05, 0) is 27.6 Å². The lowest BCUT2D eigenvalue weighted by Gasteiger charge is -2.00. The average molecular weight is 305 g/mol. The number of hydrogen-bond donors (Lipinski definition) is 1. The lowest BCUT2D eigenvalue weighted by atomic mass is 10.0. The molecule has 2 N–H and O–H groups in total. The fourth-order valence-corrected chi connectivity index (χ4v) is 2.26. The number of furan rings is 1. The zero-order valence-corrected chi connectivity index (χ0v) is 10.8. The van der Waals surface area contributed by atoms with Crippen LogP contribution in [0.15, 0.2) is 56.3 Å². The molecule has 0 saturated heterocycles. The molecule has 0 amide bonds. The van der Waals surface area contributed by atoms with Gasteiger partial charge >= 0.3 is 0 Å². The Morgan fingerprint density at radius 3 is 2.56 bits per heavy atom. The number of anilines is 1. The highest BCUT2D eigenvalue weighted by atomic mass is 79.9. The maximum Gasteiger partial charge on any atom is 0.230 e. The number of rotatable bonds is 2. The molecule has 1 aromatic carbocycles. The van der Waals surface area contributed by atoms with E-state index in [0.29, 0.717) is 16.2 Å². The number of nitrogens with zero attached hydrogens (tertiary/aromatic N) is 1. The molecule has 2 aromatic heterocycles. The number of hydrogen-bond acceptors (Lipinski definition) is 4. The van der Waals surface area contributed by atoms with E-state index in [9.17, 15) is 0 Å². The number of nitrogens with two attached hydrogens (primary N) is 1. The van der Waals surface area contributed by atoms with Crippen molar-refractivity contribution in [2.75, 3.05) is 5.73 Å². The van der Waals surface area contributed by atoms with Crippen LogP contribution in [0.4, 0.5) is 5.88 Å². The molecule has 0 fully saturated rings. The maximum atomic E-state index is 5.85. The minimum Gasteiger partial charge on any atom is -0.457 e. The lowest BCUT2D eigenvalue weighted by molar-refractivity contribution is 0.439. The average Bonchev–Trinajstić information content (AvgIpc) is 2.96. The molecule has 0 spiro atoms. The van der Waals surface area contributed by atoms with Crippen molar-refractivity contribution in [1.82, 2.24) is 5.16 Å². The molecule has 3 rings (SSSR count). The fourth-order valence-electron chi connectivity index (χ4n) is 1.83. The van der Waals surface area contributed by atoms with E-state index in [1.807, 2.05) is 36.4 Å². The van der Waals surface area contributed by atoms with Gasteiger partial charge in [0.25, 0.3) is 0 Å². The number of aromatic nitrogens is 1. The standard InChI is InChI=1S/C13H9BrN2O2/c14-12-9(6-7-17-12)11-10(13(15)18-16-11)8-4-2-1-3-5-8/h1-7H,15H2. The van der Waals surface area contributed by atoms with E-state index in [1.165, 1.54) is 0 Å². The van der Waals surface area contributed by atoms with Crippen molar-refractivity contribution in [3.05, 3.63) is 47.3 Å². The van der Waals surface area contributed by atoms with E-state index in [4.69, 9.17) is 14.7 Å². The van der Waals surface area contributed by atoms with Crippen LogP contribution in [0.5, 0.6) is 0 Å². The Labute approximate surface area is 112 Å². The van der Waals surface area contributed by atoms with Crippen molar-refractivity contribution >= 4 is 21.8 Å². The van der Waals surface area contributed by atoms with E-state index < -0.39 is 0 Å². The minimum atomic E-state index is 0.296. The second-order valence-electron chi connectivity index (χ2n) is 3.74. The zero-order chi connectivity index (χ0) is 12.5. The van der Waals surface area contributed by atoms with Crippen LogP contribution in [0.1, 0.15) is 0 Å². The molecule has 18 heavy (non-hydrogen) atoms. The maximum absolute atomic E-state index is 5.85. The largest absolute Gasteiger partial charge is 0.457 e. The zero-order valence-electron chi connectivity index (χ0n) is 9.26. The summed E-state index contributed by atoms with van der Waals surface area (Å²) in [7, 11) is 0. The molecule has 0 bridgehead atoms. The second-order valence-corrected chi connectivity index (χ2v) is 4.46. The van der Waals surface area contributed by atoms with Gasteiger partial charge in [0, 0.05) is 0 Å². The highest BCUT2D eigenvalue weighted by molar-refractivity contribution is 9.10. The molecule has 5 heteroatoms. The lowest BCUT2D eigenvalue weighted by Crippen LogP contribution is -1.87. The van der Waals surface area contributed by atoms with Gasteiger partial charge in [0.1, 0.15) is 5.69 Å². The third-order valence-corrected chi connectivity index (χ3v) is 3.27. The highest BCUT2D eigenvalue weighted by Crippen LogP contribution is 2.39. The van der Waals surface area contributed by atoms with Gasteiger partial charge in [-0.15, -0.1) is 0 Å². The van der Waals surface area contributed by atoms with Crippen LogP contribution < -0.4 is 5.73 Å². The summed E-state index contributed by atoms with van der Waals surface area (Å²) in [4.78, 5) is 0. The number of benzene rings is 1. The van der Waals surface area contributed by atoms with Gasteiger partial charge in [0.15, 0.2) is 4.67 Å². The van der Waals surface area contributed by atoms with Crippen LogP contribution in [0.3, 0.4) is 0 Å². The number of halogens is 1. The molecule has 0 unspecified atom stereocenters. The normalized spacial score (nSPS) is 10.7. The predicted octanol–water partition coefficient (Wildman–Crippen LogP) is 3.95. The van der Waals surface area contributed by atoms with E-state index in [2.05, 4.69) is 21.1 Å². The van der Waals surface area contributed by atoms with Crippen molar-refractivity contribution in [1.29, 1.82) is 0 Å². The van der Waals surface area contributed by atoms with Crippen molar-refractivity contribution in [2.45, 2.75) is 0 Å². The van der Waals surface area contributed by atoms with E-state index in [-0.39, 0.29) is 0 Å². The van der Waals surface area contributed by atoms with Crippen LogP contribution in [0.2, 0.25) is 0 Å². The van der Waals surface area contributed by atoms with Gasteiger partial charge < -0.3 is 14.7 Å². The van der Waals surface area contributed by atoms with Crippen LogP contribution >= 0.6 is 15.9 Å². The number of nitrogen functional groups attached to an aromatic ring is 1. The smallest absolute Gasteiger partial charge is 0.230 e. The Morgan fingerprint density at radius 1 is 1.11 bits per heavy atom. The van der Waals surface area contributed by atoms with Gasteiger partial charge in [-0.25, -0.2) is 0 Å². The molecule has 0 radical (unpaired) electrons. The van der Waals surface area contributed by atoms with Gasteiger partial charge in [-0.3, -0.25) is 0 Å². The van der Waals surface area contributed by atoms with Gasteiger partial charge in [-0.2, -0.15) is 0 Å². The Balaban J connectivity index is 2.22. The summed E-state index contributed by atoms with van der Waals surface area (Å²) >= 11 is 3.33. The third kappa shape index (κ3) is 1.73. The minimum absolute atomic E-state index is 0.296. The third-order valence-electron chi connectivity index (χ3n) is 2.65. The Kier molecular flexibility index (Phi) is 2.68. The SMILES string of the molecule is Nc1onc(-c2ccoc2Br)c1-c1ccccc1. The summed E-state index contributed by atoms with van der Waals surface area (Å²) in [5.74, 6) is 0.296. The van der Waals surface area contributed by atoms with E-state index in [1.54, 1.807) is 6.26 Å². The first-order chi connectivity index (χ1) is 8.77.